The van der Waals surface area contributed by atoms with E-state index in [1.54, 1.807) is 18.2 Å². The standard InChI is InChI=1S/C16H17NO5/c1-21-16-9-13(14(18)10-17(19)20)7-8-15(16)22-11-12-5-3-2-4-6-12/h2-9,14,18H,10-11H2,1H3/t14-/m0/s1. The molecule has 6 heteroatoms. The van der Waals surface area contributed by atoms with Gasteiger partial charge in [0.25, 0.3) is 0 Å². The van der Waals surface area contributed by atoms with Gasteiger partial charge in [-0.1, -0.05) is 36.4 Å². The molecule has 0 bridgehead atoms. The molecule has 0 heterocycles. The molecule has 0 aliphatic heterocycles. The predicted octanol–water partition coefficient (Wildman–Crippen LogP) is 2.58. The summed E-state index contributed by atoms with van der Waals surface area (Å²) in [7, 11) is 1.48. The van der Waals surface area contributed by atoms with Gasteiger partial charge >= 0.3 is 0 Å². The first-order valence-electron chi connectivity index (χ1n) is 6.74. The average Bonchev–Trinajstić information content (AvgIpc) is 2.53. The van der Waals surface area contributed by atoms with E-state index in [4.69, 9.17) is 9.47 Å². The largest absolute Gasteiger partial charge is 0.493 e. The van der Waals surface area contributed by atoms with Gasteiger partial charge in [-0.3, -0.25) is 10.1 Å². The lowest BCUT2D eigenvalue weighted by Gasteiger charge is -2.13. The number of nitro groups is 1. The fraction of sp³-hybridized carbons (Fsp3) is 0.250. The van der Waals surface area contributed by atoms with E-state index >= 15 is 0 Å². The normalized spacial score (nSPS) is 11.7. The molecule has 2 rings (SSSR count). The minimum Gasteiger partial charge on any atom is -0.493 e. The smallest absolute Gasteiger partial charge is 0.233 e. The molecule has 116 valence electrons. The van der Waals surface area contributed by atoms with Crippen molar-refractivity contribution in [1.82, 2.24) is 0 Å². The molecule has 0 aromatic heterocycles. The predicted molar refractivity (Wildman–Crippen MR) is 80.6 cm³/mol. The highest BCUT2D eigenvalue weighted by molar-refractivity contribution is 5.43. The first-order valence-corrected chi connectivity index (χ1v) is 6.74. The third-order valence-corrected chi connectivity index (χ3v) is 3.13. The number of hydrogen-bond donors (Lipinski definition) is 1. The minimum atomic E-state index is -1.17. The van der Waals surface area contributed by atoms with Crippen molar-refractivity contribution in [2.75, 3.05) is 13.7 Å². The van der Waals surface area contributed by atoms with Crippen LogP contribution in [0.5, 0.6) is 11.5 Å². The Morgan fingerprint density at radius 1 is 1.18 bits per heavy atom. The van der Waals surface area contributed by atoms with Gasteiger partial charge in [-0.05, 0) is 23.3 Å². The second kappa shape index (κ2) is 7.42. The summed E-state index contributed by atoms with van der Waals surface area (Å²) in [5.74, 6) is 0.944. The Morgan fingerprint density at radius 3 is 2.55 bits per heavy atom. The van der Waals surface area contributed by atoms with Gasteiger partial charge in [-0.2, -0.15) is 0 Å². The molecular formula is C16H17NO5. The van der Waals surface area contributed by atoms with Gasteiger partial charge in [0.05, 0.1) is 7.11 Å². The number of rotatable bonds is 7. The summed E-state index contributed by atoms with van der Waals surface area (Å²) in [4.78, 5) is 9.89. The van der Waals surface area contributed by atoms with Crippen LogP contribution < -0.4 is 9.47 Å². The first kappa shape index (κ1) is 15.8. The Kier molecular flexibility index (Phi) is 5.32. The number of aliphatic hydroxyl groups excluding tert-OH is 1. The van der Waals surface area contributed by atoms with Gasteiger partial charge in [0.1, 0.15) is 12.7 Å². The number of ether oxygens (including phenoxy) is 2. The summed E-state index contributed by atoms with van der Waals surface area (Å²) in [6, 6.07) is 14.4. The molecule has 0 saturated heterocycles. The second-order valence-electron chi connectivity index (χ2n) is 4.72. The van der Waals surface area contributed by atoms with E-state index in [0.29, 0.717) is 23.7 Å². The van der Waals surface area contributed by atoms with Crippen LogP contribution in [0.25, 0.3) is 0 Å². The van der Waals surface area contributed by atoms with E-state index in [1.165, 1.54) is 7.11 Å². The van der Waals surface area contributed by atoms with Gasteiger partial charge in [-0.15, -0.1) is 0 Å². The molecule has 0 aliphatic carbocycles. The quantitative estimate of drug-likeness (QED) is 0.628. The zero-order chi connectivity index (χ0) is 15.9. The second-order valence-corrected chi connectivity index (χ2v) is 4.72. The fourth-order valence-electron chi connectivity index (χ4n) is 1.99. The molecule has 0 spiro atoms. The molecule has 22 heavy (non-hydrogen) atoms. The van der Waals surface area contributed by atoms with Crippen molar-refractivity contribution in [2.24, 2.45) is 0 Å². The Hall–Kier alpha value is -2.60. The molecule has 2 aromatic rings. The van der Waals surface area contributed by atoms with Gasteiger partial charge < -0.3 is 14.6 Å². The summed E-state index contributed by atoms with van der Waals surface area (Å²) in [6.07, 6.45) is -1.17. The average molecular weight is 303 g/mol. The van der Waals surface area contributed by atoms with Crippen molar-refractivity contribution in [3.8, 4) is 11.5 Å². The number of nitrogens with zero attached hydrogens (tertiary/aromatic N) is 1. The van der Waals surface area contributed by atoms with E-state index in [2.05, 4.69) is 0 Å². The first-order chi connectivity index (χ1) is 10.6. The number of methoxy groups -OCH3 is 1. The van der Waals surface area contributed by atoms with Crippen LogP contribution in [0.3, 0.4) is 0 Å². The zero-order valence-corrected chi connectivity index (χ0v) is 12.1. The van der Waals surface area contributed by atoms with Gasteiger partial charge in [-0.25, -0.2) is 0 Å². The van der Waals surface area contributed by atoms with Crippen LogP contribution in [-0.4, -0.2) is 23.7 Å². The molecule has 0 fully saturated rings. The molecule has 2 aromatic carbocycles. The van der Waals surface area contributed by atoms with Crippen molar-refractivity contribution in [2.45, 2.75) is 12.7 Å². The van der Waals surface area contributed by atoms with Crippen LogP contribution in [0.4, 0.5) is 0 Å². The SMILES string of the molecule is COc1cc([C@@H](O)C[N+](=O)[O-])ccc1OCc1ccccc1. The van der Waals surface area contributed by atoms with Crippen LogP contribution in [0.1, 0.15) is 17.2 Å². The van der Waals surface area contributed by atoms with E-state index < -0.39 is 17.6 Å². The molecule has 0 radical (unpaired) electrons. The lowest BCUT2D eigenvalue weighted by atomic mass is 10.1. The third kappa shape index (κ3) is 4.20. The molecule has 1 atom stereocenters. The lowest BCUT2D eigenvalue weighted by molar-refractivity contribution is -0.491. The Balaban J connectivity index is 2.10. The number of hydrogen-bond acceptors (Lipinski definition) is 5. The molecule has 0 aliphatic rings. The van der Waals surface area contributed by atoms with Crippen molar-refractivity contribution in [3.63, 3.8) is 0 Å². The topological polar surface area (TPSA) is 81.8 Å². The molecular weight excluding hydrogens is 286 g/mol. The Bertz CT molecular complexity index is 630. The van der Waals surface area contributed by atoms with Crippen molar-refractivity contribution < 1.29 is 19.5 Å². The molecule has 0 saturated carbocycles. The lowest BCUT2D eigenvalue weighted by Crippen LogP contribution is -2.12. The van der Waals surface area contributed by atoms with E-state index in [9.17, 15) is 15.2 Å². The Labute approximate surface area is 128 Å². The number of benzene rings is 2. The van der Waals surface area contributed by atoms with E-state index in [-0.39, 0.29) is 0 Å². The summed E-state index contributed by atoms with van der Waals surface area (Å²) < 4.78 is 10.9. The van der Waals surface area contributed by atoms with E-state index in [0.717, 1.165) is 5.56 Å². The summed E-state index contributed by atoms with van der Waals surface area (Å²) >= 11 is 0. The van der Waals surface area contributed by atoms with Crippen molar-refractivity contribution in [3.05, 3.63) is 69.8 Å². The molecule has 6 nitrogen and oxygen atoms in total. The highest BCUT2D eigenvalue weighted by Crippen LogP contribution is 2.31. The van der Waals surface area contributed by atoms with Gasteiger partial charge in [0.2, 0.25) is 6.54 Å². The van der Waals surface area contributed by atoms with Crippen LogP contribution in [0.15, 0.2) is 48.5 Å². The van der Waals surface area contributed by atoms with Gasteiger partial charge in [0.15, 0.2) is 11.5 Å². The monoisotopic (exact) mass is 303 g/mol. The molecule has 1 N–H and O–H groups in total. The summed E-state index contributed by atoms with van der Waals surface area (Å²) in [5, 5.41) is 20.2. The van der Waals surface area contributed by atoms with Crippen molar-refractivity contribution in [1.29, 1.82) is 0 Å². The number of aliphatic hydroxyl groups is 1. The van der Waals surface area contributed by atoms with Crippen LogP contribution in [0.2, 0.25) is 0 Å². The Morgan fingerprint density at radius 2 is 1.91 bits per heavy atom. The molecule has 0 unspecified atom stereocenters. The van der Waals surface area contributed by atoms with Crippen LogP contribution in [-0.2, 0) is 6.61 Å². The summed E-state index contributed by atoms with van der Waals surface area (Å²) in [5.41, 5.74) is 1.43. The highest BCUT2D eigenvalue weighted by atomic mass is 16.6. The fourth-order valence-corrected chi connectivity index (χ4v) is 1.99. The van der Waals surface area contributed by atoms with E-state index in [1.807, 2.05) is 30.3 Å². The van der Waals surface area contributed by atoms with Crippen LogP contribution in [0, 0.1) is 10.1 Å². The van der Waals surface area contributed by atoms with Gasteiger partial charge in [0, 0.05) is 4.92 Å². The van der Waals surface area contributed by atoms with Crippen molar-refractivity contribution >= 4 is 0 Å². The van der Waals surface area contributed by atoms with Crippen LogP contribution >= 0.6 is 0 Å². The third-order valence-electron chi connectivity index (χ3n) is 3.13. The maximum absolute atomic E-state index is 10.5. The zero-order valence-electron chi connectivity index (χ0n) is 12.1. The minimum absolute atomic E-state index is 0.383. The molecule has 0 amide bonds. The maximum Gasteiger partial charge on any atom is 0.233 e. The highest BCUT2D eigenvalue weighted by Gasteiger charge is 2.16. The summed E-state index contributed by atoms with van der Waals surface area (Å²) in [6.45, 7) is -0.165. The maximum atomic E-state index is 10.5.